The average molecular weight is 444 g/mol. The monoisotopic (exact) mass is 443 g/mol. The first-order chi connectivity index (χ1) is 14.4. The number of benzene rings is 2. The van der Waals surface area contributed by atoms with E-state index in [1.165, 1.54) is 12.0 Å². The van der Waals surface area contributed by atoms with E-state index in [1.54, 1.807) is 31.4 Å². The van der Waals surface area contributed by atoms with Crippen LogP contribution >= 0.6 is 23.2 Å². The first kappa shape index (κ1) is 20.8. The lowest BCUT2D eigenvalue weighted by Gasteiger charge is -2.14. The first-order valence-corrected chi connectivity index (χ1v) is 10.7. The van der Waals surface area contributed by atoms with E-state index in [-0.39, 0.29) is 5.91 Å². The number of anilines is 1. The van der Waals surface area contributed by atoms with Crippen LogP contribution in [0.4, 0.5) is 5.69 Å². The van der Waals surface area contributed by atoms with Crippen molar-refractivity contribution in [3.8, 4) is 5.75 Å². The number of amides is 1. The van der Waals surface area contributed by atoms with Gasteiger partial charge in [0.1, 0.15) is 17.1 Å². The molecule has 1 aliphatic rings. The minimum absolute atomic E-state index is 0.272. The smallest absolute Gasteiger partial charge is 0.248 e. The molecule has 0 atom stereocenters. The number of carbonyl (C=O) groups excluding carboxylic acids is 1. The number of halogens is 2. The topological polar surface area (TPSA) is 51.5 Å². The summed E-state index contributed by atoms with van der Waals surface area (Å²) in [6, 6.07) is 7.04. The molecular weight excluding hydrogens is 421 g/mol. The minimum atomic E-state index is -0.272. The van der Waals surface area contributed by atoms with Gasteiger partial charge in [-0.25, -0.2) is 0 Å². The molecule has 1 amide bonds. The van der Waals surface area contributed by atoms with Crippen LogP contribution in [-0.4, -0.2) is 13.0 Å². The second-order valence-corrected chi connectivity index (χ2v) is 8.45. The molecule has 156 valence electrons. The Morgan fingerprint density at radius 2 is 1.97 bits per heavy atom. The Kier molecular flexibility index (Phi) is 5.81. The number of nitrogens with one attached hydrogen (secondary N) is 1. The quantitative estimate of drug-likeness (QED) is 0.442. The number of allylic oxidation sites excluding steroid dienone is 1. The normalized spacial score (nSPS) is 14.0. The lowest BCUT2D eigenvalue weighted by molar-refractivity contribution is -0.111. The zero-order valence-electron chi connectivity index (χ0n) is 17.2. The number of methoxy groups -OCH3 is 1. The van der Waals surface area contributed by atoms with Crippen LogP contribution in [0.25, 0.3) is 16.5 Å². The standard InChI is InChI=1S/C24H23Cl2NO3/c1-13(10-22(28)27-20-9-8-15(25)11-19(20)26)17-12-18-16-6-4-5-7-21(16)30-24(18)14(2)23(17)29-3/h8-12H,4-7H2,1-3H3,(H,27,28)/b13-10+. The van der Waals surface area contributed by atoms with Crippen molar-refractivity contribution in [3.63, 3.8) is 0 Å². The number of furan rings is 1. The first-order valence-electron chi connectivity index (χ1n) is 9.95. The number of hydrogen-bond donors (Lipinski definition) is 1. The summed E-state index contributed by atoms with van der Waals surface area (Å²) in [4.78, 5) is 12.6. The molecule has 0 radical (unpaired) electrons. The summed E-state index contributed by atoms with van der Waals surface area (Å²) in [6.45, 7) is 3.90. The fraction of sp³-hybridized carbons (Fsp3) is 0.292. The summed E-state index contributed by atoms with van der Waals surface area (Å²) in [5.41, 5.74) is 5.31. The minimum Gasteiger partial charge on any atom is -0.496 e. The molecule has 2 aromatic carbocycles. The number of carbonyl (C=O) groups is 1. The summed E-state index contributed by atoms with van der Waals surface area (Å²) in [7, 11) is 1.64. The third kappa shape index (κ3) is 3.82. The van der Waals surface area contributed by atoms with Gasteiger partial charge in [-0.3, -0.25) is 4.79 Å². The molecule has 0 aliphatic heterocycles. The van der Waals surface area contributed by atoms with Crippen molar-refractivity contribution in [3.05, 3.63) is 62.8 Å². The maximum Gasteiger partial charge on any atom is 0.248 e. The molecule has 0 fully saturated rings. The van der Waals surface area contributed by atoms with E-state index in [9.17, 15) is 4.79 Å². The second-order valence-electron chi connectivity index (χ2n) is 7.61. The van der Waals surface area contributed by atoms with E-state index < -0.39 is 0 Å². The molecule has 1 N–H and O–H groups in total. The fourth-order valence-electron chi connectivity index (χ4n) is 4.13. The van der Waals surface area contributed by atoms with Crippen LogP contribution in [-0.2, 0) is 17.6 Å². The Bertz CT molecular complexity index is 1180. The third-order valence-corrected chi connectivity index (χ3v) is 6.14. The van der Waals surface area contributed by atoms with Crippen LogP contribution in [0.3, 0.4) is 0 Å². The molecule has 6 heteroatoms. The van der Waals surface area contributed by atoms with Crippen molar-refractivity contribution >= 4 is 51.3 Å². The highest BCUT2D eigenvalue weighted by atomic mass is 35.5. The van der Waals surface area contributed by atoms with Gasteiger partial charge in [-0.1, -0.05) is 23.2 Å². The SMILES string of the molecule is COc1c(/C(C)=C/C(=O)Nc2ccc(Cl)cc2Cl)cc2c3c(oc2c1C)CCCC3. The van der Waals surface area contributed by atoms with Crippen molar-refractivity contribution in [2.24, 2.45) is 0 Å². The zero-order valence-corrected chi connectivity index (χ0v) is 18.7. The van der Waals surface area contributed by atoms with Gasteiger partial charge in [0.05, 0.1) is 17.8 Å². The lowest BCUT2D eigenvalue weighted by atomic mass is 9.93. The van der Waals surface area contributed by atoms with Crippen LogP contribution in [0.5, 0.6) is 5.75 Å². The predicted octanol–water partition coefficient (Wildman–Crippen LogP) is 6.98. The van der Waals surface area contributed by atoms with Gasteiger partial charge >= 0.3 is 0 Å². The maximum absolute atomic E-state index is 12.6. The van der Waals surface area contributed by atoms with Gasteiger partial charge in [0.2, 0.25) is 5.91 Å². The number of fused-ring (bicyclic) bond motifs is 3. The molecular formula is C24H23Cl2NO3. The van der Waals surface area contributed by atoms with Crippen molar-refractivity contribution in [1.82, 2.24) is 0 Å². The Balaban J connectivity index is 1.72. The van der Waals surface area contributed by atoms with Crippen molar-refractivity contribution in [2.45, 2.75) is 39.5 Å². The van der Waals surface area contributed by atoms with Crippen LogP contribution in [0.1, 0.15) is 42.2 Å². The molecule has 4 nitrogen and oxygen atoms in total. The van der Waals surface area contributed by atoms with Crippen molar-refractivity contribution in [1.29, 1.82) is 0 Å². The van der Waals surface area contributed by atoms with Gasteiger partial charge in [-0.2, -0.15) is 0 Å². The van der Waals surface area contributed by atoms with E-state index in [1.807, 2.05) is 13.8 Å². The number of rotatable bonds is 4. The largest absolute Gasteiger partial charge is 0.496 e. The van der Waals surface area contributed by atoms with Crippen molar-refractivity contribution < 1.29 is 13.9 Å². The molecule has 0 saturated carbocycles. The van der Waals surface area contributed by atoms with E-state index in [2.05, 4.69) is 11.4 Å². The van der Waals surface area contributed by atoms with E-state index in [4.69, 9.17) is 32.4 Å². The highest BCUT2D eigenvalue weighted by Crippen LogP contribution is 2.41. The zero-order chi connectivity index (χ0) is 21.4. The van der Waals surface area contributed by atoms with E-state index in [0.29, 0.717) is 15.7 Å². The van der Waals surface area contributed by atoms with E-state index >= 15 is 0 Å². The van der Waals surface area contributed by atoms with Crippen LogP contribution in [0.15, 0.2) is 34.8 Å². The Morgan fingerprint density at radius 1 is 1.20 bits per heavy atom. The molecule has 1 heterocycles. The predicted molar refractivity (Wildman–Crippen MR) is 123 cm³/mol. The van der Waals surface area contributed by atoms with Gasteiger partial charge in [-0.15, -0.1) is 0 Å². The molecule has 0 bridgehead atoms. The van der Waals surface area contributed by atoms with Gasteiger partial charge in [0.25, 0.3) is 0 Å². The van der Waals surface area contributed by atoms with Gasteiger partial charge < -0.3 is 14.5 Å². The number of ether oxygens (including phenoxy) is 1. The maximum atomic E-state index is 12.6. The molecule has 3 aromatic rings. The second kappa shape index (κ2) is 8.37. The van der Waals surface area contributed by atoms with Gasteiger partial charge in [-0.05, 0) is 62.9 Å². The molecule has 1 aliphatic carbocycles. The Labute approximate surface area is 185 Å². The molecule has 0 unspecified atom stereocenters. The lowest BCUT2D eigenvalue weighted by Crippen LogP contribution is -2.09. The molecule has 1 aromatic heterocycles. The van der Waals surface area contributed by atoms with E-state index in [0.717, 1.165) is 58.4 Å². The highest BCUT2D eigenvalue weighted by molar-refractivity contribution is 6.36. The van der Waals surface area contributed by atoms with Gasteiger partial charge in [0.15, 0.2) is 0 Å². The fourth-order valence-corrected chi connectivity index (χ4v) is 4.58. The summed E-state index contributed by atoms with van der Waals surface area (Å²) in [6.07, 6.45) is 5.87. The van der Waals surface area contributed by atoms with Crippen molar-refractivity contribution in [2.75, 3.05) is 12.4 Å². The summed E-state index contributed by atoms with van der Waals surface area (Å²) < 4.78 is 11.9. The molecule has 4 rings (SSSR count). The third-order valence-electron chi connectivity index (χ3n) is 5.59. The Hall–Kier alpha value is -2.43. The molecule has 0 spiro atoms. The summed E-state index contributed by atoms with van der Waals surface area (Å²) in [5, 5.41) is 4.83. The summed E-state index contributed by atoms with van der Waals surface area (Å²) in [5.74, 6) is 1.53. The molecule has 30 heavy (non-hydrogen) atoms. The van der Waals surface area contributed by atoms with Crippen LogP contribution in [0, 0.1) is 6.92 Å². The Morgan fingerprint density at radius 3 is 2.70 bits per heavy atom. The average Bonchev–Trinajstić information content (AvgIpc) is 3.09. The molecule has 0 saturated heterocycles. The van der Waals surface area contributed by atoms with Crippen LogP contribution < -0.4 is 10.1 Å². The van der Waals surface area contributed by atoms with Gasteiger partial charge in [0, 0.05) is 39.6 Å². The van der Waals surface area contributed by atoms with Crippen LogP contribution in [0.2, 0.25) is 10.0 Å². The number of hydrogen-bond acceptors (Lipinski definition) is 3. The highest BCUT2D eigenvalue weighted by Gasteiger charge is 2.23. The summed E-state index contributed by atoms with van der Waals surface area (Å²) >= 11 is 12.1. The number of aryl methyl sites for hydroxylation is 3.